The molecule has 160 valence electrons. The molecule has 1 amide bonds. The van der Waals surface area contributed by atoms with E-state index in [0.29, 0.717) is 21.9 Å². The normalized spacial score (nSPS) is 11.3. The number of carbonyl (C=O) groups is 1. The van der Waals surface area contributed by atoms with Crippen LogP contribution in [0, 0.1) is 18.3 Å². The van der Waals surface area contributed by atoms with Gasteiger partial charge in [-0.25, -0.2) is 0 Å². The van der Waals surface area contributed by atoms with E-state index in [-0.39, 0.29) is 17.8 Å². The number of aromatic nitrogens is 3. The lowest BCUT2D eigenvalue weighted by molar-refractivity contribution is -0.140. The fraction of sp³-hybridized carbons (Fsp3) is 0.130. The molecule has 1 N–H and O–H groups in total. The molecule has 0 radical (unpaired) electrons. The largest absolute Gasteiger partial charge is 0.437 e. The number of carbonyl (C=O) groups excluding carboxylic acids is 1. The van der Waals surface area contributed by atoms with Gasteiger partial charge in [-0.3, -0.25) is 14.5 Å². The number of nitriles is 1. The van der Waals surface area contributed by atoms with Gasteiger partial charge in [-0.05, 0) is 30.0 Å². The Hall–Kier alpha value is -4.19. The first-order valence-corrected chi connectivity index (χ1v) is 9.55. The van der Waals surface area contributed by atoms with E-state index in [1.54, 1.807) is 54.7 Å². The molecule has 0 fully saturated rings. The van der Waals surface area contributed by atoms with E-state index in [1.807, 2.05) is 6.07 Å². The van der Waals surface area contributed by atoms with Crippen molar-refractivity contribution in [3.05, 3.63) is 89.0 Å². The van der Waals surface area contributed by atoms with Crippen molar-refractivity contribution in [3.8, 4) is 6.07 Å². The van der Waals surface area contributed by atoms with Crippen molar-refractivity contribution < 1.29 is 18.0 Å². The highest BCUT2D eigenvalue weighted by Gasteiger charge is 2.39. The van der Waals surface area contributed by atoms with Crippen LogP contribution in [0.4, 0.5) is 18.9 Å². The summed E-state index contributed by atoms with van der Waals surface area (Å²) in [6.45, 7) is 1.51. The summed E-state index contributed by atoms with van der Waals surface area (Å²) in [4.78, 5) is 16.9. The number of pyridine rings is 1. The quantitative estimate of drug-likeness (QED) is 0.493. The number of rotatable bonds is 4. The van der Waals surface area contributed by atoms with Gasteiger partial charge in [0.25, 0.3) is 5.91 Å². The minimum absolute atomic E-state index is 0.0479. The smallest absolute Gasteiger partial charge is 0.318 e. The lowest BCUT2D eigenvalue weighted by Gasteiger charge is -2.10. The van der Waals surface area contributed by atoms with Gasteiger partial charge >= 0.3 is 6.18 Å². The third-order valence-corrected chi connectivity index (χ3v) is 5.04. The fourth-order valence-electron chi connectivity index (χ4n) is 3.38. The molecule has 0 aliphatic heterocycles. The van der Waals surface area contributed by atoms with Crippen molar-refractivity contribution in [3.63, 3.8) is 0 Å². The zero-order chi connectivity index (χ0) is 22.9. The summed E-state index contributed by atoms with van der Waals surface area (Å²) in [6, 6.07) is 15.4. The predicted octanol–water partition coefficient (Wildman–Crippen LogP) is 4.93. The Morgan fingerprint density at radius 3 is 2.53 bits per heavy atom. The molecule has 32 heavy (non-hydrogen) atoms. The molecule has 2 aromatic carbocycles. The number of alkyl halides is 3. The first-order valence-electron chi connectivity index (χ1n) is 9.55. The molecule has 0 spiro atoms. The number of nitrogens with zero attached hydrogens (tertiary/aromatic N) is 4. The second-order valence-corrected chi connectivity index (χ2v) is 7.14. The Morgan fingerprint density at radius 1 is 1.12 bits per heavy atom. The van der Waals surface area contributed by atoms with Crippen molar-refractivity contribution in [2.75, 3.05) is 5.32 Å². The second kappa shape index (κ2) is 8.15. The van der Waals surface area contributed by atoms with E-state index in [0.717, 1.165) is 0 Å². The van der Waals surface area contributed by atoms with E-state index in [1.165, 1.54) is 17.8 Å². The molecular weight excluding hydrogens is 419 g/mol. The van der Waals surface area contributed by atoms with Crippen LogP contribution in [0.25, 0.3) is 10.8 Å². The first kappa shape index (κ1) is 21.1. The van der Waals surface area contributed by atoms with E-state index in [4.69, 9.17) is 5.26 Å². The Kier molecular flexibility index (Phi) is 5.36. The minimum atomic E-state index is -4.76. The van der Waals surface area contributed by atoms with Crippen LogP contribution in [0.1, 0.15) is 32.9 Å². The molecule has 6 nitrogen and oxygen atoms in total. The number of anilines is 1. The maximum absolute atomic E-state index is 13.7. The molecule has 0 saturated carbocycles. The average Bonchev–Trinajstić information content (AvgIpc) is 3.09. The fourth-order valence-corrected chi connectivity index (χ4v) is 3.38. The first-order chi connectivity index (χ1) is 15.3. The molecule has 2 heterocycles. The van der Waals surface area contributed by atoms with Crippen molar-refractivity contribution in [1.82, 2.24) is 14.8 Å². The zero-order valence-electron chi connectivity index (χ0n) is 16.8. The molecule has 0 aliphatic rings. The lowest BCUT2D eigenvalue weighted by Crippen LogP contribution is -2.17. The minimum Gasteiger partial charge on any atom is -0.318 e. The van der Waals surface area contributed by atoms with Gasteiger partial charge in [0, 0.05) is 17.8 Å². The Labute approximate surface area is 180 Å². The van der Waals surface area contributed by atoms with Crippen molar-refractivity contribution in [1.29, 1.82) is 5.26 Å². The van der Waals surface area contributed by atoms with Crippen LogP contribution in [0.2, 0.25) is 0 Å². The number of halogens is 3. The van der Waals surface area contributed by atoms with E-state index in [9.17, 15) is 18.0 Å². The third-order valence-electron chi connectivity index (χ3n) is 5.04. The highest BCUT2D eigenvalue weighted by atomic mass is 19.4. The summed E-state index contributed by atoms with van der Waals surface area (Å²) >= 11 is 0. The van der Waals surface area contributed by atoms with Crippen LogP contribution in [0.15, 0.2) is 60.9 Å². The molecule has 4 aromatic rings. The van der Waals surface area contributed by atoms with Crippen LogP contribution in [-0.2, 0) is 12.7 Å². The summed E-state index contributed by atoms with van der Waals surface area (Å²) in [5.41, 5.74) is -0.147. The van der Waals surface area contributed by atoms with Gasteiger partial charge in [-0.15, -0.1) is 0 Å². The van der Waals surface area contributed by atoms with E-state index in [2.05, 4.69) is 15.4 Å². The van der Waals surface area contributed by atoms with E-state index >= 15 is 0 Å². The van der Waals surface area contributed by atoms with Crippen molar-refractivity contribution >= 4 is 22.4 Å². The van der Waals surface area contributed by atoms with Gasteiger partial charge in [0.2, 0.25) is 0 Å². The maximum Gasteiger partial charge on any atom is 0.437 e. The molecular formula is C23H16F3N5O. The second-order valence-electron chi connectivity index (χ2n) is 7.14. The highest BCUT2D eigenvalue weighted by Crippen LogP contribution is 2.36. The number of benzene rings is 2. The molecule has 0 atom stereocenters. The number of nitrogens with one attached hydrogen (secondary N) is 1. The van der Waals surface area contributed by atoms with Crippen molar-refractivity contribution in [2.24, 2.45) is 0 Å². The number of hydrogen-bond donors (Lipinski definition) is 1. The molecule has 2 aromatic heterocycles. The molecule has 4 rings (SSSR count). The van der Waals surface area contributed by atoms with Crippen molar-refractivity contribution in [2.45, 2.75) is 19.6 Å². The summed E-state index contributed by atoms with van der Waals surface area (Å²) in [5, 5.41) is 16.3. The van der Waals surface area contributed by atoms with Gasteiger partial charge in [0.05, 0.1) is 35.1 Å². The Balaban J connectivity index is 1.71. The lowest BCUT2D eigenvalue weighted by atomic mass is 10.1. The number of fused-ring (bicyclic) bond motifs is 1. The van der Waals surface area contributed by atoms with Gasteiger partial charge in [0.1, 0.15) is 0 Å². The molecule has 9 heteroatoms. The molecule has 0 bridgehead atoms. The summed E-state index contributed by atoms with van der Waals surface area (Å²) in [6.07, 6.45) is -1.87. The summed E-state index contributed by atoms with van der Waals surface area (Å²) in [7, 11) is 0. The van der Waals surface area contributed by atoms with Gasteiger partial charge < -0.3 is 5.32 Å². The van der Waals surface area contributed by atoms with E-state index < -0.39 is 23.5 Å². The number of hydrogen-bond acceptors (Lipinski definition) is 4. The number of amides is 1. The summed E-state index contributed by atoms with van der Waals surface area (Å²) in [5.74, 6) is -0.708. The molecule has 0 aliphatic carbocycles. The highest BCUT2D eigenvalue weighted by molar-refractivity contribution is 6.12. The maximum atomic E-state index is 13.7. The summed E-state index contributed by atoms with van der Waals surface area (Å²) < 4.78 is 42.3. The van der Waals surface area contributed by atoms with Crippen LogP contribution in [0.3, 0.4) is 0 Å². The van der Waals surface area contributed by atoms with Gasteiger partial charge in [-0.2, -0.15) is 23.5 Å². The third kappa shape index (κ3) is 4.03. The van der Waals surface area contributed by atoms with Gasteiger partial charge in [0.15, 0.2) is 5.69 Å². The SMILES string of the molecule is Cc1c(NC(=O)c2cncc3ccccc23)c(C(F)(F)F)nn1Cc1ccc(C#N)cc1. The van der Waals surface area contributed by atoms with Crippen LogP contribution in [-0.4, -0.2) is 20.7 Å². The topological polar surface area (TPSA) is 83.6 Å². The van der Waals surface area contributed by atoms with Gasteiger partial charge in [-0.1, -0.05) is 36.4 Å². The average molecular weight is 435 g/mol. The van der Waals surface area contributed by atoms with Crippen LogP contribution >= 0.6 is 0 Å². The molecule has 0 saturated heterocycles. The van der Waals surface area contributed by atoms with Crippen LogP contribution < -0.4 is 5.32 Å². The van der Waals surface area contributed by atoms with Crippen LogP contribution in [0.5, 0.6) is 0 Å². The Bertz CT molecular complexity index is 1350. The molecule has 0 unspecified atom stereocenters. The predicted molar refractivity (Wildman–Crippen MR) is 112 cm³/mol. The zero-order valence-corrected chi connectivity index (χ0v) is 16.8. The standard InChI is InChI=1S/C23H16F3N5O/c1-14-20(29-22(32)19-12-28-11-17-4-2-3-5-18(17)19)21(23(24,25)26)30-31(14)13-16-8-6-15(10-27)7-9-16/h2-9,11-12H,13H2,1H3,(H,29,32). The monoisotopic (exact) mass is 435 g/mol. The Morgan fingerprint density at radius 2 is 1.84 bits per heavy atom.